The molecular formula is C22H27FINO3S. The molecule has 0 bridgehead atoms. The van der Waals surface area contributed by atoms with Crippen molar-refractivity contribution in [2.45, 2.75) is 33.6 Å². The first-order valence-corrected chi connectivity index (χ1v) is 10.5. The van der Waals surface area contributed by atoms with Crippen LogP contribution >= 0.6 is 11.8 Å². The van der Waals surface area contributed by atoms with E-state index in [1.165, 1.54) is 11.8 Å². The highest BCUT2D eigenvalue weighted by molar-refractivity contribution is 8.14. The number of thioether (sulfide) groups is 1. The van der Waals surface area contributed by atoms with E-state index in [2.05, 4.69) is 0 Å². The number of carbonyl (C=O) groups excluding carboxylic acids is 2. The van der Waals surface area contributed by atoms with Crippen molar-refractivity contribution in [1.29, 1.82) is 0 Å². The molecule has 4 nitrogen and oxygen atoms in total. The Kier molecular flexibility index (Phi) is 10.8. The summed E-state index contributed by atoms with van der Waals surface area (Å²) in [5.74, 6) is 0.0545. The predicted octanol–water partition coefficient (Wildman–Crippen LogP) is 1.33. The second-order valence-corrected chi connectivity index (χ2v) is 7.44. The molecule has 0 N–H and O–H groups in total. The van der Waals surface area contributed by atoms with Gasteiger partial charge in [-0.15, -0.1) is 0 Å². The number of hydrogen-bond donors (Lipinski definition) is 0. The first-order valence-electron chi connectivity index (χ1n) is 9.54. The van der Waals surface area contributed by atoms with Crippen LogP contribution < -0.4 is 28.5 Å². The van der Waals surface area contributed by atoms with Gasteiger partial charge in [0.25, 0.3) is 0 Å². The van der Waals surface area contributed by atoms with E-state index in [1.807, 2.05) is 62.7 Å². The van der Waals surface area contributed by atoms with Gasteiger partial charge in [-0.3, -0.25) is 4.79 Å². The van der Waals surface area contributed by atoms with E-state index in [9.17, 15) is 14.0 Å². The molecule has 7 heteroatoms. The number of nitrogens with zero attached hydrogens (tertiary/aromatic N) is 1. The van der Waals surface area contributed by atoms with Crippen LogP contribution in [0.25, 0.3) is 11.3 Å². The molecule has 0 saturated heterocycles. The Balaban J connectivity index is 0.00000420. The molecule has 158 valence electrons. The summed E-state index contributed by atoms with van der Waals surface area (Å²) in [4.78, 5) is 25.9. The zero-order chi connectivity index (χ0) is 20.7. The number of esters is 1. The van der Waals surface area contributed by atoms with Crippen LogP contribution in [0.5, 0.6) is 0 Å². The average Bonchev–Trinajstić information content (AvgIpc) is 2.71. The van der Waals surface area contributed by atoms with Crippen molar-refractivity contribution in [2.75, 3.05) is 19.0 Å². The van der Waals surface area contributed by atoms with Gasteiger partial charge in [-0.25, -0.2) is 9.18 Å². The highest BCUT2D eigenvalue weighted by atomic mass is 127. The molecule has 0 unspecified atom stereocenters. The number of rotatable bonds is 8. The molecule has 0 amide bonds. The van der Waals surface area contributed by atoms with Crippen molar-refractivity contribution in [3.8, 4) is 11.3 Å². The average molecular weight is 531 g/mol. The Morgan fingerprint density at radius 2 is 1.72 bits per heavy atom. The van der Waals surface area contributed by atoms with Crippen molar-refractivity contribution < 1.29 is 47.3 Å². The monoisotopic (exact) mass is 531 g/mol. The van der Waals surface area contributed by atoms with E-state index >= 15 is 0 Å². The summed E-state index contributed by atoms with van der Waals surface area (Å²) < 4.78 is 19.7. The molecule has 0 radical (unpaired) electrons. The fourth-order valence-corrected chi connectivity index (χ4v) is 4.13. The van der Waals surface area contributed by atoms with Gasteiger partial charge in [0.2, 0.25) is 10.8 Å². The maximum atomic E-state index is 12.9. The number of hydrogen-bond acceptors (Lipinski definition) is 4. The molecule has 2 rings (SSSR count). The van der Waals surface area contributed by atoms with Gasteiger partial charge in [-0.1, -0.05) is 50.7 Å². The van der Waals surface area contributed by atoms with Crippen molar-refractivity contribution in [3.05, 3.63) is 52.7 Å². The molecule has 0 saturated carbocycles. The molecular weight excluding hydrogens is 504 g/mol. The van der Waals surface area contributed by atoms with Crippen LogP contribution in [-0.4, -0.2) is 30.1 Å². The van der Waals surface area contributed by atoms with E-state index < -0.39 is 12.6 Å². The van der Waals surface area contributed by atoms with Gasteiger partial charge in [0.15, 0.2) is 5.69 Å². The fraction of sp³-hybridized carbons (Fsp3) is 0.409. The predicted molar refractivity (Wildman–Crippen MR) is 111 cm³/mol. The summed E-state index contributed by atoms with van der Waals surface area (Å²) in [5, 5.41) is -0.0500. The zero-order valence-electron chi connectivity index (χ0n) is 17.3. The summed E-state index contributed by atoms with van der Waals surface area (Å²) in [6.07, 6.45) is 1.15. The molecule has 0 spiro atoms. The highest BCUT2D eigenvalue weighted by Crippen LogP contribution is 2.31. The van der Waals surface area contributed by atoms with Crippen LogP contribution in [0.1, 0.15) is 52.7 Å². The van der Waals surface area contributed by atoms with E-state index in [-0.39, 0.29) is 35.7 Å². The van der Waals surface area contributed by atoms with Gasteiger partial charge in [0.05, 0.1) is 5.56 Å². The van der Waals surface area contributed by atoms with Crippen LogP contribution in [0.4, 0.5) is 4.39 Å². The summed E-state index contributed by atoms with van der Waals surface area (Å²) >= 11 is 1.23. The Bertz CT molecular complexity index is 859. The van der Waals surface area contributed by atoms with Crippen LogP contribution in [0.2, 0.25) is 0 Å². The van der Waals surface area contributed by atoms with Gasteiger partial charge in [-0.2, -0.15) is 4.57 Å². The van der Waals surface area contributed by atoms with Gasteiger partial charge in [0.1, 0.15) is 25.9 Å². The summed E-state index contributed by atoms with van der Waals surface area (Å²) in [6, 6.07) is 9.54. The van der Waals surface area contributed by atoms with Crippen molar-refractivity contribution in [2.24, 2.45) is 7.05 Å². The third-order valence-corrected chi connectivity index (χ3v) is 5.35. The number of ether oxygens (including phenoxy) is 1. The van der Waals surface area contributed by atoms with E-state index in [0.717, 1.165) is 11.3 Å². The molecule has 0 aliphatic rings. The van der Waals surface area contributed by atoms with Crippen molar-refractivity contribution >= 4 is 22.8 Å². The quantitative estimate of drug-likeness (QED) is 0.293. The first-order chi connectivity index (χ1) is 13.5. The molecule has 29 heavy (non-hydrogen) atoms. The minimum atomic E-state index is -0.746. The number of halogens is 2. The van der Waals surface area contributed by atoms with E-state index in [4.69, 9.17) is 4.74 Å². The first kappa shape index (κ1) is 25.6. The van der Waals surface area contributed by atoms with Gasteiger partial charge in [-0.05, 0) is 29.9 Å². The van der Waals surface area contributed by atoms with Gasteiger partial charge < -0.3 is 28.7 Å². The molecule has 2 aromatic rings. The number of benzene rings is 1. The lowest BCUT2D eigenvalue weighted by Crippen LogP contribution is -3.00. The van der Waals surface area contributed by atoms with Gasteiger partial charge >= 0.3 is 5.97 Å². The van der Waals surface area contributed by atoms with E-state index in [1.54, 1.807) is 0 Å². The lowest BCUT2D eigenvalue weighted by atomic mass is 9.92. The van der Waals surface area contributed by atoms with Crippen LogP contribution in [-0.2, 0) is 24.6 Å². The summed E-state index contributed by atoms with van der Waals surface area (Å²) in [5.41, 5.74) is 4.01. The number of carbonyl (C=O) groups is 2. The topological polar surface area (TPSA) is 47.3 Å². The third-order valence-electron chi connectivity index (χ3n) is 4.60. The van der Waals surface area contributed by atoms with Crippen LogP contribution in [0, 0.1) is 0 Å². The van der Waals surface area contributed by atoms with Gasteiger partial charge in [0, 0.05) is 12.0 Å². The van der Waals surface area contributed by atoms with Crippen molar-refractivity contribution in [3.63, 3.8) is 0 Å². The maximum absolute atomic E-state index is 12.9. The Labute approximate surface area is 193 Å². The molecule has 1 aromatic heterocycles. The van der Waals surface area contributed by atoms with E-state index in [0.29, 0.717) is 41.0 Å². The third kappa shape index (κ3) is 5.57. The molecule has 0 fully saturated rings. The second kappa shape index (κ2) is 12.3. The highest BCUT2D eigenvalue weighted by Gasteiger charge is 2.34. The van der Waals surface area contributed by atoms with Crippen LogP contribution in [0.3, 0.4) is 0 Å². The number of pyridine rings is 1. The zero-order valence-corrected chi connectivity index (χ0v) is 20.2. The number of aromatic nitrogens is 1. The number of alkyl halides is 1. The largest absolute Gasteiger partial charge is 1.00 e. The molecule has 0 aliphatic heterocycles. The minimum Gasteiger partial charge on any atom is -1.00 e. The Hall–Kier alpha value is -1.48. The lowest BCUT2D eigenvalue weighted by molar-refractivity contribution is -0.668. The smallest absolute Gasteiger partial charge is 0.345 e. The molecule has 0 aliphatic carbocycles. The van der Waals surface area contributed by atoms with Crippen molar-refractivity contribution in [1.82, 2.24) is 0 Å². The SMILES string of the molecule is CCSC(=O)c1c(CC)c(C(=O)OCCF)c(-c2ccccc2)[n+](C)c1CC.[I-]. The Morgan fingerprint density at radius 3 is 2.24 bits per heavy atom. The normalized spacial score (nSPS) is 10.4. The molecule has 1 aromatic carbocycles. The maximum Gasteiger partial charge on any atom is 0.345 e. The summed E-state index contributed by atoms with van der Waals surface area (Å²) in [6.45, 7) is 4.79. The fourth-order valence-electron chi connectivity index (χ4n) is 3.48. The second-order valence-electron chi connectivity index (χ2n) is 6.20. The standard InChI is InChI=1S/C22H27FNO3S.HI/c1-5-16-18(22(26)28-7-3)17(6-2)24(4)20(15-11-9-8-10-12-15)19(16)21(25)27-14-13-23;/h8-12H,5-7,13-14H2,1-4H3;1H/q+1;/p-1. The molecule has 0 atom stereocenters. The lowest BCUT2D eigenvalue weighted by Gasteiger charge is -2.18. The molecule has 1 heterocycles. The van der Waals surface area contributed by atoms with Crippen LogP contribution in [0.15, 0.2) is 30.3 Å². The Morgan fingerprint density at radius 1 is 1.07 bits per heavy atom. The minimum absolute atomic E-state index is 0. The summed E-state index contributed by atoms with van der Waals surface area (Å²) in [7, 11) is 1.86.